The minimum atomic E-state index is -0.505. The van der Waals surface area contributed by atoms with Gasteiger partial charge in [-0.2, -0.15) is 0 Å². The summed E-state index contributed by atoms with van der Waals surface area (Å²) in [5, 5.41) is 11.4. The van der Waals surface area contributed by atoms with Crippen LogP contribution in [0, 0.1) is 0 Å². The summed E-state index contributed by atoms with van der Waals surface area (Å²) in [7, 11) is 0. The maximum absolute atomic E-state index is 11.1. The zero-order chi connectivity index (χ0) is 9.78. The molecule has 1 amide bonds. The van der Waals surface area contributed by atoms with E-state index < -0.39 is 11.6 Å². The van der Waals surface area contributed by atoms with Crippen molar-refractivity contribution in [3.05, 3.63) is 0 Å². The summed E-state index contributed by atoms with van der Waals surface area (Å²) in [6.07, 6.45) is -0.227. The van der Waals surface area contributed by atoms with Crippen LogP contribution in [0.2, 0.25) is 0 Å². The highest BCUT2D eigenvalue weighted by atomic mass is 16.3. The fraction of sp³-hybridized carbons (Fsp3) is 0.875. The van der Waals surface area contributed by atoms with Crippen LogP contribution in [0.1, 0.15) is 27.2 Å². The first-order valence-electron chi connectivity index (χ1n) is 4.05. The van der Waals surface area contributed by atoms with Gasteiger partial charge in [-0.15, -0.1) is 0 Å². The van der Waals surface area contributed by atoms with Crippen molar-refractivity contribution in [3.8, 4) is 0 Å². The van der Waals surface area contributed by atoms with Gasteiger partial charge in [-0.05, 0) is 20.8 Å². The average molecular weight is 174 g/mol. The number of nitrogens with one attached hydrogen (secondary N) is 1. The van der Waals surface area contributed by atoms with Gasteiger partial charge in [-0.1, -0.05) is 0 Å². The molecule has 0 rings (SSSR count). The number of aliphatic hydroxyl groups excluding tert-OH is 1. The molecule has 0 bridgehead atoms. The molecule has 0 spiro atoms. The molecule has 72 valence electrons. The Morgan fingerprint density at radius 2 is 2.17 bits per heavy atom. The molecule has 0 saturated heterocycles. The zero-order valence-corrected chi connectivity index (χ0v) is 7.92. The maximum atomic E-state index is 11.1. The lowest BCUT2D eigenvalue weighted by molar-refractivity contribution is -0.122. The van der Waals surface area contributed by atoms with Crippen molar-refractivity contribution in [1.82, 2.24) is 5.32 Å². The van der Waals surface area contributed by atoms with E-state index in [0.29, 0.717) is 0 Å². The quantitative estimate of drug-likeness (QED) is 0.543. The Morgan fingerprint density at radius 3 is 2.50 bits per heavy atom. The largest absolute Gasteiger partial charge is 0.392 e. The van der Waals surface area contributed by atoms with Gasteiger partial charge in [0, 0.05) is 18.5 Å². The highest BCUT2D eigenvalue weighted by molar-refractivity contribution is 5.77. The van der Waals surface area contributed by atoms with Crippen molar-refractivity contribution < 1.29 is 9.90 Å². The second kappa shape index (κ2) is 4.42. The third-order valence-electron chi connectivity index (χ3n) is 1.21. The summed E-state index contributed by atoms with van der Waals surface area (Å²) >= 11 is 0. The van der Waals surface area contributed by atoms with E-state index in [9.17, 15) is 4.79 Å². The molecule has 0 radical (unpaired) electrons. The van der Waals surface area contributed by atoms with Crippen LogP contribution >= 0.6 is 0 Å². The fourth-order valence-electron chi connectivity index (χ4n) is 0.738. The summed E-state index contributed by atoms with van der Waals surface area (Å²) in [5.74, 6) is -0.122. The summed E-state index contributed by atoms with van der Waals surface area (Å²) in [6.45, 7) is 5.48. The van der Waals surface area contributed by atoms with E-state index in [-0.39, 0.29) is 18.9 Å². The van der Waals surface area contributed by atoms with E-state index in [2.05, 4.69) is 5.32 Å². The lowest BCUT2D eigenvalue weighted by Crippen LogP contribution is -2.40. The Balaban J connectivity index is 3.61. The molecule has 0 fully saturated rings. The molecule has 0 aromatic carbocycles. The Labute approximate surface area is 73.1 Å². The van der Waals surface area contributed by atoms with Gasteiger partial charge in [0.2, 0.25) is 5.91 Å². The molecule has 0 aromatic rings. The molecule has 1 atom stereocenters. The topological polar surface area (TPSA) is 75.3 Å². The van der Waals surface area contributed by atoms with E-state index in [1.54, 1.807) is 20.8 Å². The zero-order valence-electron chi connectivity index (χ0n) is 7.92. The van der Waals surface area contributed by atoms with Crippen molar-refractivity contribution >= 4 is 5.91 Å². The lowest BCUT2D eigenvalue weighted by atomic mass is 10.0. The predicted molar refractivity (Wildman–Crippen MR) is 47.6 cm³/mol. The van der Waals surface area contributed by atoms with Crippen LogP contribution < -0.4 is 11.1 Å². The normalized spacial score (nSPS) is 14.1. The SMILES string of the molecule is C[C@@H](O)CNC(=O)CC(C)(C)N. The minimum Gasteiger partial charge on any atom is -0.392 e. The summed E-state index contributed by atoms with van der Waals surface area (Å²) in [6, 6.07) is 0. The van der Waals surface area contributed by atoms with Crippen LogP contribution in [0.15, 0.2) is 0 Å². The van der Waals surface area contributed by atoms with Gasteiger partial charge in [0.25, 0.3) is 0 Å². The summed E-state index contributed by atoms with van der Waals surface area (Å²) < 4.78 is 0. The maximum Gasteiger partial charge on any atom is 0.221 e. The van der Waals surface area contributed by atoms with Gasteiger partial charge in [0.15, 0.2) is 0 Å². The molecule has 0 saturated carbocycles. The van der Waals surface area contributed by atoms with Gasteiger partial charge >= 0.3 is 0 Å². The molecule has 0 aliphatic heterocycles. The molecule has 0 heterocycles. The number of carbonyl (C=O) groups is 1. The molecular formula is C8H18N2O2. The van der Waals surface area contributed by atoms with Crippen LogP contribution in [0.5, 0.6) is 0 Å². The third kappa shape index (κ3) is 7.50. The summed E-state index contributed by atoms with van der Waals surface area (Å²) in [4.78, 5) is 11.1. The Bertz CT molecular complexity index is 150. The fourth-order valence-corrected chi connectivity index (χ4v) is 0.738. The van der Waals surface area contributed by atoms with Crippen molar-refractivity contribution in [1.29, 1.82) is 0 Å². The van der Waals surface area contributed by atoms with Crippen molar-refractivity contribution in [2.45, 2.75) is 38.8 Å². The van der Waals surface area contributed by atoms with Gasteiger partial charge < -0.3 is 16.2 Å². The molecule has 4 N–H and O–H groups in total. The smallest absolute Gasteiger partial charge is 0.221 e. The van der Waals surface area contributed by atoms with Crippen LogP contribution in [0.3, 0.4) is 0 Å². The predicted octanol–water partition coefficient (Wildman–Crippen LogP) is -0.389. The van der Waals surface area contributed by atoms with Gasteiger partial charge in [-0.25, -0.2) is 0 Å². The van der Waals surface area contributed by atoms with Crippen LogP contribution in [-0.2, 0) is 4.79 Å². The van der Waals surface area contributed by atoms with E-state index in [4.69, 9.17) is 10.8 Å². The lowest BCUT2D eigenvalue weighted by Gasteiger charge is -2.17. The first kappa shape index (κ1) is 11.4. The number of amides is 1. The van der Waals surface area contributed by atoms with E-state index in [1.165, 1.54) is 0 Å². The highest BCUT2D eigenvalue weighted by Gasteiger charge is 2.15. The van der Waals surface area contributed by atoms with Crippen molar-refractivity contribution in [2.24, 2.45) is 5.73 Å². The molecule has 0 aromatic heterocycles. The summed E-state index contributed by atoms with van der Waals surface area (Å²) in [5.41, 5.74) is 5.14. The number of aliphatic hydroxyl groups is 1. The highest BCUT2D eigenvalue weighted by Crippen LogP contribution is 2.02. The Hall–Kier alpha value is -0.610. The third-order valence-corrected chi connectivity index (χ3v) is 1.21. The molecule has 0 unspecified atom stereocenters. The number of nitrogens with two attached hydrogens (primary N) is 1. The van der Waals surface area contributed by atoms with Crippen molar-refractivity contribution in [3.63, 3.8) is 0 Å². The second-order valence-corrected chi connectivity index (χ2v) is 3.82. The van der Waals surface area contributed by atoms with Gasteiger partial charge in [0.1, 0.15) is 0 Å². The van der Waals surface area contributed by atoms with Crippen LogP contribution in [0.25, 0.3) is 0 Å². The number of rotatable bonds is 4. The Kier molecular flexibility index (Phi) is 4.20. The monoisotopic (exact) mass is 174 g/mol. The van der Waals surface area contributed by atoms with E-state index in [1.807, 2.05) is 0 Å². The number of carbonyl (C=O) groups excluding carboxylic acids is 1. The number of hydrogen-bond donors (Lipinski definition) is 3. The molecule has 0 aliphatic carbocycles. The van der Waals surface area contributed by atoms with Crippen LogP contribution in [0.4, 0.5) is 0 Å². The van der Waals surface area contributed by atoms with Gasteiger partial charge in [0.05, 0.1) is 6.10 Å². The molecule has 12 heavy (non-hydrogen) atoms. The molecule has 0 aliphatic rings. The second-order valence-electron chi connectivity index (χ2n) is 3.82. The average Bonchev–Trinajstić information content (AvgIpc) is 1.79. The minimum absolute atomic E-state index is 0.122. The number of hydrogen-bond acceptors (Lipinski definition) is 3. The molecule has 4 heteroatoms. The first-order chi connectivity index (χ1) is 5.31. The van der Waals surface area contributed by atoms with Crippen LogP contribution in [-0.4, -0.2) is 29.2 Å². The van der Waals surface area contributed by atoms with Gasteiger partial charge in [-0.3, -0.25) is 4.79 Å². The van der Waals surface area contributed by atoms with E-state index in [0.717, 1.165) is 0 Å². The first-order valence-corrected chi connectivity index (χ1v) is 4.05. The van der Waals surface area contributed by atoms with E-state index >= 15 is 0 Å². The Morgan fingerprint density at radius 1 is 1.67 bits per heavy atom. The standard InChI is InChI=1S/C8H18N2O2/c1-6(11)5-10-7(12)4-8(2,3)9/h6,11H,4-5,9H2,1-3H3,(H,10,12)/t6-/m1/s1. The molecular weight excluding hydrogens is 156 g/mol. The van der Waals surface area contributed by atoms with Crippen molar-refractivity contribution in [2.75, 3.05) is 6.54 Å². The molecule has 4 nitrogen and oxygen atoms in total.